The summed E-state index contributed by atoms with van der Waals surface area (Å²) in [6.45, 7) is 3.52. The van der Waals surface area contributed by atoms with Crippen molar-refractivity contribution in [3.8, 4) is 5.75 Å². The van der Waals surface area contributed by atoms with Gasteiger partial charge in [-0.25, -0.2) is 0 Å². The van der Waals surface area contributed by atoms with E-state index in [-0.39, 0.29) is 6.54 Å². The Bertz CT molecular complexity index is 967. The topological polar surface area (TPSA) is 75.7 Å². The molecule has 3 rings (SSSR count). The van der Waals surface area contributed by atoms with Gasteiger partial charge in [0, 0.05) is 5.69 Å². The Kier molecular flexibility index (Phi) is 5.84. The van der Waals surface area contributed by atoms with Crippen LogP contribution in [0.15, 0.2) is 47.4 Å². The fraction of sp³-hybridized carbons (Fsp3) is 0.190. The van der Waals surface area contributed by atoms with E-state index in [0.717, 1.165) is 39.1 Å². The second-order valence-corrected chi connectivity index (χ2v) is 7.40. The molecule has 7 heteroatoms. The summed E-state index contributed by atoms with van der Waals surface area (Å²) in [6, 6.07) is 12.8. The number of amides is 3. The Labute approximate surface area is 167 Å². The third-order valence-electron chi connectivity index (χ3n) is 4.27. The number of ether oxygens (including phenoxy) is 1. The highest BCUT2D eigenvalue weighted by atomic mass is 32.2. The monoisotopic (exact) mass is 396 g/mol. The minimum Gasteiger partial charge on any atom is -0.497 e. The van der Waals surface area contributed by atoms with Crippen molar-refractivity contribution < 1.29 is 19.1 Å². The van der Waals surface area contributed by atoms with Gasteiger partial charge in [0.1, 0.15) is 12.3 Å². The molecule has 1 aliphatic rings. The van der Waals surface area contributed by atoms with Gasteiger partial charge in [0.25, 0.3) is 11.1 Å². The molecule has 0 aliphatic carbocycles. The second kappa shape index (κ2) is 8.31. The molecule has 0 radical (unpaired) electrons. The van der Waals surface area contributed by atoms with Gasteiger partial charge < -0.3 is 10.1 Å². The van der Waals surface area contributed by atoms with Crippen LogP contribution in [0.25, 0.3) is 6.08 Å². The molecule has 1 heterocycles. The maximum Gasteiger partial charge on any atom is 0.294 e. The number of hydrogen-bond acceptors (Lipinski definition) is 5. The normalized spacial score (nSPS) is 15.2. The number of anilines is 1. The first-order valence-electron chi connectivity index (χ1n) is 8.64. The van der Waals surface area contributed by atoms with Gasteiger partial charge in [-0.1, -0.05) is 23.8 Å². The summed E-state index contributed by atoms with van der Waals surface area (Å²) in [5, 5.41) is 2.24. The molecule has 3 amide bonds. The molecule has 0 spiro atoms. The summed E-state index contributed by atoms with van der Waals surface area (Å²) in [4.78, 5) is 38.3. The molecule has 1 saturated heterocycles. The van der Waals surface area contributed by atoms with Gasteiger partial charge in [-0.2, -0.15) is 0 Å². The van der Waals surface area contributed by atoms with Gasteiger partial charge >= 0.3 is 0 Å². The largest absolute Gasteiger partial charge is 0.497 e. The number of carbonyl (C=O) groups excluding carboxylic acids is 3. The number of rotatable bonds is 5. The second-order valence-electron chi connectivity index (χ2n) is 6.40. The number of imide groups is 1. The molecule has 6 nitrogen and oxygen atoms in total. The molecule has 0 aromatic heterocycles. The molecule has 2 aromatic rings. The maximum absolute atomic E-state index is 12.6. The van der Waals surface area contributed by atoms with Crippen molar-refractivity contribution >= 4 is 40.6 Å². The lowest BCUT2D eigenvalue weighted by atomic mass is 10.1. The summed E-state index contributed by atoms with van der Waals surface area (Å²) in [5.41, 5.74) is 3.42. The summed E-state index contributed by atoms with van der Waals surface area (Å²) in [7, 11) is 1.58. The Morgan fingerprint density at radius 1 is 1.14 bits per heavy atom. The molecular weight excluding hydrogens is 376 g/mol. The Hall–Kier alpha value is -3.06. The highest BCUT2D eigenvalue weighted by molar-refractivity contribution is 8.18. The van der Waals surface area contributed by atoms with Gasteiger partial charge in [-0.3, -0.25) is 19.3 Å². The summed E-state index contributed by atoms with van der Waals surface area (Å²) < 4.78 is 5.17. The number of thioether (sulfide) groups is 1. The van der Waals surface area contributed by atoms with Crippen LogP contribution in [0.1, 0.15) is 16.7 Å². The van der Waals surface area contributed by atoms with Crippen molar-refractivity contribution in [2.24, 2.45) is 0 Å². The Balaban J connectivity index is 1.71. The van der Waals surface area contributed by atoms with Crippen LogP contribution in [0.2, 0.25) is 0 Å². The standard InChI is InChI=1S/C21H20N2O4S/c1-13-4-7-16(8-5-13)22-19(24)12-23-20(25)18(28-21(23)26)11-15-6-9-17(27-3)10-14(15)2/h4-11H,12H2,1-3H3,(H,22,24). The molecule has 0 bridgehead atoms. The van der Waals surface area contributed by atoms with Crippen molar-refractivity contribution in [2.75, 3.05) is 19.0 Å². The lowest BCUT2D eigenvalue weighted by molar-refractivity contribution is -0.127. The Morgan fingerprint density at radius 3 is 2.50 bits per heavy atom. The fourth-order valence-corrected chi connectivity index (χ4v) is 3.52. The molecule has 2 aromatic carbocycles. The highest BCUT2D eigenvalue weighted by Crippen LogP contribution is 2.33. The number of methoxy groups -OCH3 is 1. The molecule has 1 aliphatic heterocycles. The quantitative estimate of drug-likeness (QED) is 0.774. The van der Waals surface area contributed by atoms with E-state index in [1.807, 2.05) is 38.1 Å². The number of aryl methyl sites for hydroxylation is 2. The number of nitrogens with one attached hydrogen (secondary N) is 1. The van der Waals surface area contributed by atoms with Crippen molar-refractivity contribution in [1.29, 1.82) is 0 Å². The summed E-state index contributed by atoms with van der Waals surface area (Å²) >= 11 is 0.833. The molecule has 1 N–H and O–H groups in total. The minimum absolute atomic E-state index is 0.293. The van der Waals surface area contributed by atoms with Gasteiger partial charge in [-0.05, 0) is 67.1 Å². The Morgan fingerprint density at radius 2 is 1.86 bits per heavy atom. The van der Waals surface area contributed by atoms with E-state index in [9.17, 15) is 14.4 Å². The van der Waals surface area contributed by atoms with E-state index >= 15 is 0 Å². The third kappa shape index (κ3) is 4.43. The van der Waals surface area contributed by atoms with Crippen LogP contribution in [-0.2, 0) is 9.59 Å². The van der Waals surface area contributed by atoms with Crippen LogP contribution in [0.5, 0.6) is 5.75 Å². The van der Waals surface area contributed by atoms with Gasteiger partial charge in [-0.15, -0.1) is 0 Å². The van der Waals surface area contributed by atoms with E-state index in [4.69, 9.17) is 4.74 Å². The fourth-order valence-electron chi connectivity index (χ4n) is 2.70. The van der Waals surface area contributed by atoms with Crippen LogP contribution in [0.3, 0.4) is 0 Å². The average molecular weight is 396 g/mol. The van der Waals surface area contributed by atoms with Crippen LogP contribution in [0, 0.1) is 13.8 Å². The molecule has 1 fully saturated rings. The highest BCUT2D eigenvalue weighted by Gasteiger charge is 2.36. The van der Waals surface area contributed by atoms with E-state index in [2.05, 4.69) is 5.32 Å². The minimum atomic E-state index is -0.468. The molecule has 0 atom stereocenters. The summed E-state index contributed by atoms with van der Waals surface area (Å²) in [5.74, 6) is -0.173. The maximum atomic E-state index is 12.6. The smallest absolute Gasteiger partial charge is 0.294 e. The first-order valence-corrected chi connectivity index (χ1v) is 9.45. The van der Waals surface area contributed by atoms with Crippen LogP contribution < -0.4 is 10.1 Å². The van der Waals surface area contributed by atoms with Crippen molar-refractivity contribution in [3.05, 3.63) is 64.1 Å². The van der Waals surface area contributed by atoms with Crippen molar-refractivity contribution in [3.63, 3.8) is 0 Å². The van der Waals surface area contributed by atoms with E-state index < -0.39 is 17.1 Å². The van der Waals surface area contributed by atoms with E-state index in [0.29, 0.717) is 10.6 Å². The molecule has 144 valence electrons. The first kappa shape index (κ1) is 19.7. The van der Waals surface area contributed by atoms with Crippen LogP contribution >= 0.6 is 11.8 Å². The predicted molar refractivity (Wildman–Crippen MR) is 110 cm³/mol. The number of hydrogen-bond donors (Lipinski definition) is 1. The zero-order valence-corrected chi connectivity index (χ0v) is 16.6. The summed E-state index contributed by atoms with van der Waals surface area (Å²) in [6.07, 6.45) is 1.66. The third-order valence-corrected chi connectivity index (χ3v) is 5.18. The lowest BCUT2D eigenvalue weighted by Crippen LogP contribution is -2.36. The van der Waals surface area contributed by atoms with Gasteiger partial charge in [0.15, 0.2) is 0 Å². The molecule has 0 saturated carbocycles. The number of benzene rings is 2. The number of nitrogens with zero attached hydrogens (tertiary/aromatic N) is 1. The first-order chi connectivity index (χ1) is 13.4. The van der Waals surface area contributed by atoms with Crippen LogP contribution in [0.4, 0.5) is 10.5 Å². The van der Waals surface area contributed by atoms with Crippen LogP contribution in [-0.4, -0.2) is 35.6 Å². The molecule has 28 heavy (non-hydrogen) atoms. The van der Waals surface area contributed by atoms with Gasteiger partial charge in [0.05, 0.1) is 12.0 Å². The van der Waals surface area contributed by atoms with Crippen molar-refractivity contribution in [1.82, 2.24) is 4.90 Å². The van der Waals surface area contributed by atoms with Gasteiger partial charge in [0.2, 0.25) is 5.91 Å². The SMILES string of the molecule is COc1ccc(C=C2SC(=O)N(CC(=O)Nc3ccc(C)cc3)C2=O)c(C)c1. The molecule has 0 unspecified atom stereocenters. The predicted octanol–water partition coefficient (Wildman–Crippen LogP) is 3.99. The molecular formula is C21H20N2O4S. The zero-order chi connectivity index (χ0) is 20.3. The zero-order valence-electron chi connectivity index (χ0n) is 15.8. The number of carbonyl (C=O) groups is 3. The van der Waals surface area contributed by atoms with Crippen molar-refractivity contribution in [2.45, 2.75) is 13.8 Å². The van der Waals surface area contributed by atoms with E-state index in [1.54, 1.807) is 31.4 Å². The average Bonchev–Trinajstić information content (AvgIpc) is 2.92. The van der Waals surface area contributed by atoms with E-state index in [1.165, 1.54) is 0 Å². The lowest BCUT2D eigenvalue weighted by Gasteiger charge is -2.12.